The van der Waals surface area contributed by atoms with Gasteiger partial charge >= 0.3 is 0 Å². The largest absolute Gasteiger partial charge is 0.494 e. The summed E-state index contributed by atoms with van der Waals surface area (Å²) in [7, 11) is 0. The minimum absolute atomic E-state index is 0.0349. The monoisotopic (exact) mass is 298 g/mol. The second kappa shape index (κ2) is 6.02. The van der Waals surface area contributed by atoms with Crippen molar-refractivity contribution in [1.82, 2.24) is 0 Å². The summed E-state index contributed by atoms with van der Waals surface area (Å²) < 4.78 is 24.5. The van der Waals surface area contributed by atoms with E-state index in [1.165, 1.54) is 12.1 Å². The summed E-state index contributed by atoms with van der Waals surface area (Å²) in [5.41, 5.74) is 1.60. The average Bonchev–Trinajstić information content (AvgIpc) is 2.51. The highest BCUT2D eigenvalue weighted by atomic mass is 19.1. The molecule has 0 bridgehead atoms. The van der Waals surface area contributed by atoms with Gasteiger partial charge in [0.1, 0.15) is 12.4 Å². The maximum atomic E-state index is 13.6. The van der Waals surface area contributed by atoms with Crippen molar-refractivity contribution in [1.29, 1.82) is 0 Å². The first-order valence-corrected chi connectivity index (χ1v) is 7.08. The van der Waals surface area contributed by atoms with E-state index < -0.39 is 5.82 Å². The molecule has 2 aromatic rings. The van der Waals surface area contributed by atoms with E-state index in [2.05, 4.69) is 0 Å². The third kappa shape index (κ3) is 2.72. The van der Waals surface area contributed by atoms with Crippen molar-refractivity contribution in [3.05, 3.63) is 65.0 Å². The summed E-state index contributed by atoms with van der Waals surface area (Å²) >= 11 is 0. The molecule has 3 rings (SSSR count). The lowest BCUT2D eigenvalue weighted by molar-refractivity contribution is 0.0998. The maximum Gasteiger partial charge on any atom is 0.196 e. The van der Waals surface area contributed by atoms with Gasteiger partial charge in [-0.2, -0.15) is 0 Å². The van der Waals surface area contributed by atoms with E-state index in [9.17, 15) is 9.18 Å². The molecule has 22 heavy (non-hydrogen) atoms. The lowest BCUT2D eigenvalue weighted by atomic mass is 9.98. The zero-order valence-electron chi connectivity index (χ0n) is 12.1. The first kappa shape index (κ1) is 14.3. The molecule has 1 heterocycles. The average molecular weight is 298 g/mol. The summed E-state index contributed by atoms with van der Waals surface area (Å²) in [6.45, 7) is 2.55. The van der Waals surface area contributed by atoms with Crippen molar-refractivity contribution in [3.8, 4) is 11.5 Å². The molecule has 0 N–H and O–H groups in total. The van der Waals surface area contributed by atoms with E-state index >= 15 is 0 Å². The minimum Gasteiger partial charge on any atom is -0.494 e. The number of ether oxygens (including phenoxy) is 2. The van der Waals surface area contributed by atoms with E-state index in [-0.39, 0.29) is 23.7 Å². The van der Waals surface area contributed by atoms with Crippen LogP contribution in [0.2, 0.25) is 0 Å². The van der Waals surface area contributed by atoms with Gasteiger partial charge in [-0.15, -0.1) is 0 Å². The number of benzene rings is 2. The van der Waals surface area contributed by atoms with Gasteiger partial charge in [0.05, 0.1) is 12.2 Å². The van der Waals surface area contributed by atoms with Gasteiger partial charge in [0.25, 0.3) is 0 Å². The molecular formula is C18H15FO3. The van der Waals surface area contributed by atoms with Gasteiger partial charge in [0.2, 0.25) is 0 Å². The van der Waals surface area contributed by atoms with Crippen LogP contribution in [0.3, 0.4) is 0 Å². The van der Waals surface area contributed by atoms with Crippen LogP contribution in [0.1, 0.15) is 22.8 Å². The third-order valence-corrected chi connectivity index (χ3v) is 3.39. The van der Waals surface area contributed by atoms with Gasteiger partial charge in [-0.05, 0) is 42.8 Å². The van der Waals surface area contributed by atoms with E-state index in [4.69, 9.17) is 9.47 Å². The van der Waals surface area contributed by atoms with Gasteiger partial charge in [0.15, 0.2) is 17.3 Å². The number of rotatable bonds is 3. The molecule has 0 radical (unpaired) electrons. The molecule has 2 aromatic carbocycles. The Morgan fingerprint density at radius 3 is 2.91 bits per heavy atom. The van der Waals surface area contributed by atoms with Crippen LogP contribution >= 0.6 is 0 Å². The van der Waals surface area contributed by atoms with Crippen molar-refractivity contribution in [3.63, 3.8) is 0 Å². The van der Waals surface area contributed by atoms with Crippen molar-refractivity contribution < 1.29 is 18.7 Å². The summed E-state index contributed by atoms with van der Waals surface area (Å²) in [6.07, 6.45) is 1.75. The Labute approximate surface area is 128 Å². The zero-order valence-corrected chi connectivity index (χ0v) is 12.1. The molecule has 0 spiro atoms. The lowest BCUT2D eigenvalue weighted by Crippen LogP contribution is -2.19. The predicted octanol–water partition coefficient (Wildman–Crippen LogP) is 3.88. The van der Waals surface area contributed by atoms with E-state index in [1.807, 2.05) is 31.2 Å². The Hall–Kier alpha value is -2.62. The van der Waals surface area contributed by atoms with Crippen LogP contribution in [0.4, 0.5) is 4.39 Å². The van der Waals surface area contributed by atoms with Crippen molar-refractivity contribution >= 4 is 11.9 Å². The van der Waals surface area contributed by atoms with Crippen LogP contribution in [-0.2, 0) is 0 Å². The number of ketones is 1. The van der Waals surface area contributed by atoms with E-state index in [1.54, 1.807) is 12.1 Å². The first-order valence-electron chi connectivity index (χ1n) is 7.08. The number of Topliss-reactive ketones (excluding diaryl/α,β-unsaturated/α-hetero) is 1. The molecule has 1 aliphatic rings. The third-order valence-electron chi connectivity index (χ3n) is 3.39. The Bertz CT molecular complexity index is 750. The molecule has 4 heteroatoms. The van der Waals surface area contributed by atoms with Crippen LogP contribution in [0.5, 0.6) is 11.5 Å². The molecule has 112 valence electrons. The molecule has 1 aliphatic heterocycles. The van der Waals surface area contributed by atoms with Gasteiger partial charge in [-0.3, -0.25) is 4.79 Å². The zero-order chi connectivity index (χ0) is 15.5. The van der Waals surface area contributed by atoms with Gasteiger partial charge in [-0.25, -0.2) is 4.39 Å². The number of halogens is 1. The number of carbonyl (C=O) groups excluding carboxylic acids is 1. The van der Waals surface area contributed by atoms with Crippen LogP contribution in [0.25, 0.3) is 6.08 Å². The molecule has 0 saturated carbocycles. The molecule has 3 nitrogen and oxygen atoms in total. The first-order chi connectivity index (χ1) is 10.7. The highest BCUT2D eigenvalue weighted by Gasteiger charge is 2.25. The quantitative estimate of drug-likeness (QED) is 0.807. The van der Waals surface area contributed by atoms with Crippen LogP contribution in [-0.4, -0.2) is 19.0 Å². The molecule has 0 atom stereocenters. The molecule has 0 fully saturated rings. The van der Waals surface area contributed by atoms with Gasteiger partial charge in [-0.1, -0.05) is 18.2 Å². The van der Waals surface area contributed by atoms with Gasteiger partial charge in [0, 0.05) is 5.57 Å². The second-order valence-corrected chi connectivity index (χ2v) is 4.91. The maximum absolute atomic E-state index is 13.6. The van der Waals surface area contributed by atoms with E-state index in [0.717, 1.165) is 11.3 Å². The highest BCUT2D eigenvalue weighted by molar-refractivity contribution is 6.14. The number of carbonyl (C=O) groups is 1. The minimum atomic E-state index is -0.511. The summed E-state index contributed by atoms with van der Waals surface area (Å²) in [5.74, 6) is 0.0611. The Balaban J connectivity index is 1.93. The topological polar surface area (TPSA) is 35.5 Å². The number of para-hydroxylation sites is 1. The summed E-state index contributed by atoms with van der Waals surface area (Å²) in [6, 6.07) is 11.8. The number of hydrogen-bond donors (Lipinski definition) is 0. The Kier molecular flexibility index (Phi) is 3.92. The lowest BCUT2D eigenvalue weighted by Gasteiger charge is -2.19. The van der Waals surface area contributed by atoms with Crippen molar-refractivity contribution in [2.24, 2.45) is 0 Å². The van der Waals surface area contributed by atoms with Crippen LogP contribution in [0.15, 0.2) is 48.0 Å². The second-order valence-electron chi connectivity index (χ2n) is 4.91. The fourth-order valence-electron chi connectivity index (χ4n) is 2.39. The summed E-state index contributed by atoms with van der Waals surface area (Å²) in [4.78, 5) is 12.4. The SMILES string of the molecule is CCOc1cccc(/C=C2\COc3c(F)cccc3C2=O)c1. The Morgan fingerprint density at radius 1 is 1.27 bits per heavy atom. The highest BCUT2D eigenvalue weighted by Crippen LogP contribution is 2.30. The molecule has 0 amide bonds. The predicted molar refractivity (Wildman–Crippen MR) is 81.8 cm³/mol. The normalized spacial score (nSPS) is 15.4. The standard InChI is InChI=1S/C18H15FO3/c1-2-21-14-6-3-5-12(10-14)9-13-11-22-18-15(17(13)20)7-4-8-16(18)19/h3-10H,2,11H2,1H3/b13-9+. The number of hydrogen-bond acceptors (Lipinski definition) is 3. The van der Waals surface area contributed by atoms with E-state index in [0.29, 0.717) is 12.2 Å². The van der Waals surface area contributed by atoms with Crippen molar-refractivity contribution in [2.45, 2.75) is 6.92 Å². The van der Waals surface area contributed by atoms with Crippen molar-refractivity contribution in [2.75, 3.05) is 13.2 Å². The molecule has 0 aliphatic carbocycles. The molecule has 0 aromatic heterocycles. The molecule has 0 unspecified atom stereocenters. The van der Waals surface area contributed by atoms with Crippen LogP contribution < -0.4 is 9.47 Å². The Morgan fingerprint density at radius 2 is 2.09 bits per heavy atom. The number of fused-ring (bicyclic) bond motifs is 1. The fourth-order valence-corrected chi connectivity index (χ4v) is 2.39. The summed E-state index contributed by atoms with van der Waals surface area (Å²) in [5, 5.41) is 0. The fraction of sp³-hybridized carbons (Fsp3) is 0.167. The smallest absolute Gasteiger partial charge is 0.196 e. The van der Waals surface area contributed by atoms with Gasteiger partial charge < -0.3 is 9.47 Å². The molecular weight excluding hydrogens is 283 g/mol. The van der Waals surface area contributed by atoms with Crippen LogP contribution in [0, 0.1) is 5.82 Å². The molecule has 0 saturated heterocycles.